The highest BCUT2D eigenvalue weighted by Gasteiger charge is 2.21. The third-order valence-corrected chi connectivity index (χ3v) is 1.97. The monoisotopic (exact) mass is 246 g/mol. The molecule has 0 aliphatic rings. The van der Waals surface area contributed by atoms with Crippen molar-refractivity contribution in [2.24, 2.45) is 0 Å². The van der Waals surface area contributed by atoms with Gasteiger partial charge in [0, 0.05) is 5.56 Å². The summed E-state index contributed by atoms with van der Waals surface area (Å²) in [4.78, 5) is 13.8. The normalized spacial score (nSPS) is 10.2. The Bertz CT molecular complexity index is 471. The summed E-state index contributed by atoms with van der Waals surface area (Å²) in [7, 11) is 0. The van der Waals surface area contributed by atoms with Gasteiger partial charge in [0.15, 0.2) is 0 Å². The molecule has 0 spiro atoms. The van der Waals surface area contributed by atoms with Gasteiger partial charge in [-0.25, -0.2) is 13.8 Å². The SMILES string of the molecule is N#Cc1cc(Cl)nc(C(F)F)c1CC(=O)O. The van der Waals surface area contributed by atoms with Gasteiger partial charge in [-0.1, -0.05) is 11.6 Å². The van der Waals surface area contributed by atoms with Crippen LogP contribution in [0.5, 0.6) is 0 Å². The first kappa shape index (κ1) is 12.3. The Morgan fingerprint density at radius 1 is 1.69 bits per heavy atom. The molecule has 0 atom stereocenters. The second-order valence-electron chi connectivity index (χ2n) is 2.84. The number of pyridine rings is 1. The first-order valence-corrected chi connectivity index (χ1v) is 4.43. The highest BCUT2D eigenvalue weighted by Crippen LogP contribution is 2.26. The number of halogens is 3. The molecule has 0 aliphatic heterocycles. The highest BCUT2D eigenvalue weighted by molar-refractivity contribution is 6.29. The van der Waals surface area contributed by atoms with Gasteiger partial charge in [-0.15, -0.1) is 0 Å². The number of aliphatic carboxylic acids is 1. The third-order valence-electron chi connectivity index (χ3n) is 1.78. The summed E-state index contributed by atoms with van der Waals surface area (Å²) in [6, 6.07) is 2.68. The lowest BCUT2D eigenvalue weighted by atomic mass is 10.0. The molecule has 84 valence electrons. The summed E-state index contributed by atoms with van der Waals surface area (Å²) in [5, 5.41) is 17.0. The Hall–Kier alpha value is -1.74. The molecule has 0 saturated heterocycles. The van der Waals surface area contributed by atoms with Crippen molar-refractivity contribution in [1.29, 1.82) is 5.26 Å². The minimum absolute atomic E-state index is 0.197. The van der Waals surface area contributed by atoms with Crippen LogP contribution in [-0.2, 0) is 11.2 Å². The maximum atomic E-state index is 12.6. The second-order valence-corrected chi connectivity index (χ2v) is 3.23. The predicted octanol–water partition coefficient (Wildman–Crippen LogP) is 2.17. The van der Waals surface area contributed by atoms with Crippen LogP contribution in [0.15, 0.2) is 6.07 Å². The molecular formula is C9H5ClF2N2O2. The average Bonchev–Trinajstić information content (AvgIpc) is 2.19. The molecule has 0 radical (unpaired) electrons. The lowest BCUT2D eigenvalue weighted by Gasteiger charge is -2.08. The average molecular weight is 247 g/mol. The van der Waals surface area contributed by atoms with Crippen molar-refractivity contribution >= 4 is 17.6 Å². The molecule has 1 N–H and O–H groups in total. The van der Waals surface area contributed by atoms with Crippen LogP contribution in [0.3, 0.4) is 0 Å². The minimum Gasteiger partial charge on any atom is -0.481 e. The van der Waals surface area contributed by atoms with Gasteiger partial charge < -0.3 is 5.11 Å². The van der Waals surface area contributed by atoms with Gasteiger partial charge in [0.1, 0.15) is 10.8 Å². The van der Waals surface area contributed by atoms with Gasteiger partial charge in [0.2, 0.25) is 0 Å². The zero-order valence-electron chi connectivity index (χ0n) is 7.75. The van der Waals surface area contributed by atoms with Crippen LogP contribution in [0, 0.1) is 11.3 Å². The summed E-state index contributed by atoms with van der Waals surface area (Å²) < 4.78 is 25.1. The van der Waals surface area contributed by atoms with E-state index in [2.05, 4.69) is 4.98 Å². The lowest BCUT2D eigenvalue weighted by molar-refractivity contribution is -0.136. The number of aromatic nitrogens is 1. The molecule has 0 aromatic carbocycles. The highest BCUT2D eigenvalue weighted by atomic mass is 35.5. The van der Waals surface area contributed by atoms with E-state index in [1.165, 1.54) is 0 Å². The molecule has 1 rings (SSSR count). The van der Waals surface area contributed by atoms with E-state index >= 15 is 0 Å². The Kier molecular flexibility index (Phi) is 3.74. The van der Waals surface area contributed by atoms with Crippen LogP contribution in [0.25, 0.3) is 0 Å². The van der Waals surface area contributed by atoms with Crippen molar-refractivity contribution in [3.8, 4) is 6.07 Å². The zero-order valence-corrected chi connectivity index (χ0v) is 8.50. The smallest absolute Gasteiger partial charge is 0.307 e. The van der Waals surface area contributed by atoms with Gasteiger partial charge in [-0.05, 0) is 6.07 Å². The molecule has 0 fully saturated rings. The van der Waals surface area contributed by atoms with Crippen molar-refractivity contribution in [2.45, 2.75) is 12.8 Å². The van der Waals surface area contributed by atoms with Gasteiger partial charge in [0.05, 0.1) is 18.1 Å². The molecule has 0 unspecified atom stereocenters. The van der Waals surface area contributed by atoms with E-state index in [0.717, 1.165) is 6.07 Å². The molecule has 1 aromatic rings. The summed E-state index contributed by atoms with van der Waals surface area (Å²) in [5.41, 5.74) is -1.25. The third kappa shape index (κ3) is 2.64. The number of nitriles is 1. The van der Waals surface area contributed by atoms with E-state index in [1.54, 1.807) is 6.07 Å². The molecular weight excluding hydrogens is 242 g/mol. The van der Waals surface area contributed by atoms with E-state index in [9.17, 15) is 13.6 Å². The molecule has 0 aliphatic carbocycles. The van der Waals surface area contributed by atoms with E-state index in [1.807, 2.05) is 0 Å². The van der Waals surface area contributed by atoms with Crippen LogP contribution in [-0.4, -0.2) is 16.1 Å². The fraction of sp³-hybridized carbons (Fsp3) is 0.222. The van der Waals surface area contributed by atoms with Gasteiger partial charge in [-0.3, -0.25) is 4.79 Å². The summed E-state index contributed by atoms with van der Waals surface area (Å²) in [6.07, 6.45) is -3.66. The Morgan fingerprint density at radius 3 is 2.75 bits per heavy atom. The van der Waals surface area contributed by atoms with Gasteiger partial charge >= 0.3 is 5.97 Å². The summed E-state index contributed by atoms with van der Waals surface area (Å²) in [5.74, 6) is -1.32. The number of hydrogen-bond acceptors (Lipinski definition) is 3. The predicted molar refractivity (Wildman–Crippen MR) is 50.3 cm³/mol. The standard InChI is InChI=1S/C9H5ClF2N2O2/c10-6-1-4(3-13)5(2-7(15)16)8(14-6)9(11)12/h1,9H,2H2,(H,15,16). The lowest BCUT2D eigenvalue weighted by Crippen LogP contribution is -2.08. The van der Waals surface area contributed by atoms with Crippen LogP contribution >= 0.6 is 11.6 Å². The second kappa shape index (κ2) is 4.86. The van der Waals surface area contributed by atoms with Crippen molar-refractivity contribution in [3.63, 3.8) is 0 Å². The quantitative estimate of drug-likeness (QED) is 0.830. The first-order chi connectivity index (χ1) is 7.45. The number of nitrogens with zero attached hydrogens (tertiary/aromatic N) is 2. The first-order valence-electron chi connectivity index (χ1n) is 4.05. The van der Waals surface area contributed by atoms with Gasteiger partial charge in [0.25, 0.3) is 6.43 Å². The summed E-state index contributed by atoms with van der Waals surface area (Å²) >= 11 is 5.44. The fourth-order valence-corrected chi connectivity index (χ4v) is 1.38. The molecule has 0 bridgehead atoms. The topological polar surface area (TPSA) is 74.0 Å². The van der Waals surface area contributed by atoms with E-state index in [0.29, 0.717) is 0 Å². The maximum Gasteiger partial charge on any atom is 0.307 e. The van der Waals surface area contributed by atoms with Crippen LogP contribution in [0.2, 0.25) is 5.15 Å². The molecule has 7 heteroatoms. The fourth-order valence-electron chi connectivity index (χ4n) is 1.18. The van der Waals surface area contributed by atoms with Crippen molar-refractivity contribution in [2.75, 3.05) is 0 Å². The molecule has 1 heterocycles. The summed E-state index contributed by atoms with van der Waals surface area (Å²) in [6.45, 7) is 0. The number of hydrogen-bond donors (Lipinski definition) is 1. The zero-order chi connectivity index (χ0) is 12.3. The largest absolute Gasteiger partial charge is 0.481 e. The number of alkyl halides is 2. The van der Waals surface area contributed by atoms with E-state index < -0.39 is 24.5 Å². The van der Waals surface area contributed by atoms with Crippen LogP contribution in [0.4, 0.5) is 8.78 Å². The van der Waals surface area contributed by atoms with Crippen molar-refractivity contribution < 1.29 is 18.7 Å². The van der Waals surface area contributed by atoms with Crippen LogP contribution in [0.1, 0.15) is 23.2 Å². The Labute approximate surface area is 94.1 Å². The Balaban J connectivity index is 3.40. The van der Waals surface area contributed by atoms with Crippen molar-refractivity contribution in [1.82, 2.24) is 4.98 Å². The minimum atomic E-state index is -2.97. The van der Waals surface area contributed by atoms with E-state index in [4.69, 9.17) is 22.0 Å². The maximum absolute atomic E-state index is 12.6. The van der Waals surface area contributed by atoms with Crippen molar-refractivity contribution in [3.05, 3.63) is 28.0 Å². The molecule has 4 nitrogen and oxygen atoms in total. The van der Waals surface area contributed by atoms with Gasteiger partial charge in [-0.2, -0.15) is 5.26 Å². The Morgan fingerprint density at radius 2 is 2.31 bits per heavy atom. The number of carboxylic acid groups (broad SMARTS) is 1. The number of rotatable bonds is 3. The van der Waals surface area contributed by atoms with Crippen LogP contribution < -0.4 is 0 Å². The molecule has 16 heavy (non-hydrogen) atoms. The number of carbonyl (C=O) groups is 1. The molecule has 1 aromatic heterocycles. The molecule has 0 amide bonds. The molecule has 0 saturated carbocycles. The number of carboxylic acids is 1. The van der Waals surface area contributed by atoms with E-state index in [-0.39, 0.29) is 16.3 Å².